The molecule has 0 saturated carbocycles. The van der Waals surface area contributed by atoms with E-state index in [2.05, 4.69) is 0 Å². The van der Waals surface area contributed by atoms with Crippen LogP contribution in [0.4, 0.5) is 13.2 Å². The predicted molar refractivity (Wildman–Crippen MR) is 75.4 cm³/mol. The number of imide groups is 1. The third-order valence-electron chi connectivity index (χ3n) is 4.00. The number of unbranched alkanes of at least 4 members (excludes halogenated alkanes) is 1. The maximum absolute atomic E-state index is 13.0. The molecule has 22 heavy (non-hydrogen) atoms. The monoisotopic (exact) mass is 313 g/mol. The lowest BCUT2D eigenvalue weighted by molar-refractivity contribution is -0.162. The van der Waals surface area contributed by atoms with Crippen LogP contribution in [0.25, 0.3) is 0 Å². The predicted octanol–water partition coefficient (Wildman–Crippen LogP) is 3.68. The number of amides is 2. The van der Waals surface area contributed by atoms with E-state index in [-0.39, 0.29) is 17.7 Å². The van der Waals surface area contributed by atoms with E-state index in [4.69, 9.17) is 0 Å². The summed E-state index contributed by atoms with van der Waals surface area (Å²) in [7, 11) is 0. The lowest BCUT2D eigenvalue weighted by Crippen LogP contribution is -2.54. The van der Waals surface area contributed by atoms with Crippen LogP contribution in [0, 0.1) is 0 Å². The number of carbonyl (C=O) groups excluding carboxylic acids is 2. The molecule has 120 valence electrons. The fourth-order valence-electron chi connectivity index (χ4n) is 2.89. The molecule has 0 fully saturated rings. The fourth-order valence-corrected chi connectivity index (χ4v) is 2.89. The molecule has 1 aliphatic rings. The van der Waals surface area contributed by atoms with Crippen LogP contribution in [-0.2, 0) is 10.2 Å². The maximum Gasteiger partial charge on any atom is 0.390 e. The number of alkyl halides is 3. The Kier molecular flexibility index (Phi) is 4.31. The molecule has 2 rings (SSSR count). The Morgan fingerprint density at radius 1 is 1.18 bits per heavy atom. The summed E-state index contributed by atoms with van der Waals surface area (Å²) in [5.41, 5.74) is -1.41. The van der Waals surface area contributed by atoms with Crippen LogP contribution in [0.5, 0.6) is 0 Å². The first-order chi connectivity index (χ1) is 10.2. The van der Waals surface area contributed by atoms with Gasteiger partial charge >= 0.3 is 6.18 Å². The van der Waals surface area contributed by atoms with E-state index in [1.807, 2.05) is 6.92 Å². The first-order valence-corrected chi connectivity index (χ1v) is 7.23. The number of benzene rings is 1. The van der Waals surface area contributed by atoms with Gasteiger partial charge in [-0.15, -0.1) is 0 Å². The second-order valence-electron chi connectivity index (χ2n) is 5.79. The van der Waals surface area contributed by atoms with Gasteiger partial charge in [0.15, 0.2) is 0 Å². The van der Waals surface area contributed by atoms with Gasteiger partial charge in [0.25, 0.3) is 5.91 Å². The summed E-state index contributed by atoms with van der Waals surface area (Å²) in [4.78, 5) is 26.0. The van der Waals surface area contributed by atoms with Gasteiger partial charge in [0.05, 0.1) is 11.8 Å². The summed E-state index contributed by atoms with van der Waals surface area (Å²) in [6, 6.07) is 6.07. The van der Waals surface area contributed by atoms with Crippen molar-refractivity contribution < 1.29 is 22.8 Å². The van der Waals surface area contributed by atoms with Crippen LogP contribution < -0.4 is 0 Å². The van der Waals surface area contributed by atoms with Gasteiger partial charge in [0, 0.05) is 12.1 Å². The van der Waals surface area contributed by atoms with E-state index in [1.54, 1.807) is 12.1 Å². The molecule has 2 amide bonds. The van der Waals surface area contributed by atoms with E-state index in [9.17, 15) is 22.8 Å². The van der Waals surface area contributed by atoms with Crippen LogP contribution in [0.1, 0.15) is 49.0 Å². The molecule has 1 heterocycles. The van der Waals surface area contributed by atoms with Crippen LogP contribution in [-0.4, -0.2) is 29.4 Å². The molecule has 1 atom stereocenters. The van der Waals surface area contributed by atoms with E-state index < -0.39 is 29.8 Å². The van der Waals surface area contributed by atoms with Crippen molar-refractivity contribution in [2.24, 2.45) is 0 Å². The first kappa shape index (κ1) is 16.5. The van der Waals surface area contributed by atoms with Gasteiger partial charge in [-0.3, -0.25) is 14.5 Å². The lowest BCUT2D eigenvalue weighted by Gasteiger charge is -2.40. The van der Waals surface area contributed by atoms with Gasteiger partial charge in [-0.1, -0.05) is 31.5 Å². The number of hydrogen-bond acceptors (Lipinski definition) is 2. The first-order valence-electron chi connectivity index (χ1n) is 7.23. The summed E-state index contributed by atoms with van der Waals surface area (Å²) in [6.45, 7) is 3.31. The molecule has 0 N–H and O–H groups in total. The van der Waals surface area contributed by atoms with Crippen molar-refractivity contribution in [1.82, 2.24) is 4.90 Å². The molecule has 3 nitrogen and oxygen atoms in total. The van der Waals surface area contributed by atoms with Crippen molar-refractivity contribution in [2.75, 3.05) is 6.54 Å². The molecule has 0 aromatic heterocycles. The Bertz CT molecular complexity index is 597. The van der Waals surface area contributed by atoms with Gasteiger partial charge in [-0.25, -0.2) is 0 Å². The van der Waals surface area contributed by atoms with Gasteiger partial charge in [-0.2, -0.15) is 13.2 Å². The summed E-state index contributed by atoms with van der Waals surface area (Å²) >= 11 is 0. The largest absolute Gasteiger partial charge is 0.390 e. The summed E-state index contributed by atoms with van der Waals surface area (Å²) in [5.74, 6) is -1.27. The number of fused-ring (bicyclic) bond motifs is 1. The fraction of sp³-hybridized carbons (Fsp3) is 0.500. The molecule has 1 aliphatic heterocycles. The number of hydrogen-bond donors (Lipinski definition) is 0. The average Bonchev–Trinajstić information content (AvgIpc) is 2.44. The molecule has 1 aromatic carbocycles. The summed E-state index contributed by atoms with van der Waals surface area (Å²) in [5, 5.41) is 0. The van der Waals surface area contributed by atoms with Gasteiger partial charge in [0.2, 0.25) is 5.91 Å². The van der Waals surface area contributed by atoms with Crippen molar-refractivity contribution >= 4 is 11.8 Å². The molecular formula is C16H18F3NO2. The van der Waals surface area contributed by atoms with Crippen LogP contribution in [0.3, 0.4) is 0 Å². The molecule has 1 unspecified atom stereocenters. The minimum absolute atomic E-state index is 0.149. The highest BCUT2D eigenvalue weighted by Crippen LogP contribution is 2.42. The number of halogens is 3. The molecule has 0 bridgehead atoms. The highest BCUT2D eigenvalue weighted by Gasteiger charge is 2.52. The van der Waals surface area contributed by atoms with Crippen LogP contribution in [0.15, 0.2) is 24.3 Å². The standard InChI is InChI=1S/C16H18F3NO2/c1-3-4-9-20-13(21)11-7-5-6-8-12(11)15(2,14(20)22)10-16(17,18)19/h5-8H,3-4,9-10H2,1-2H3. The second kappa shape index (κ2) is 5.74. The van der Waals surface area contributed by atoms with E-state index in [0.717, 1.165) is 11.3 Å². The van der Waals surface area contributed by atoms with E-state index in [1.165, 1.54) is 19.1 Å². The Balaban J connectivity index is 2.54. The SMILES string of the molecule is CCCCN1C(=O)c2ccccc2C(C)(CC(F)(F)F)C1=O. The lowest BCUT2D eigenvalue weighted by atomic mass is 9.73. The smallest absolute Gasteiger partial charge is 0.278 e. The zero-order chi connectivity index (χ0) is 16.5. The van der Waals surface area contributed by atoms with Crippen molar-refractivity contribution in [2.45, 2.75) is 44.7 Å². The van der Waals surface area contributed by atoms with E-state index in [0.29, 0.717) is 6.42 Å². The Hall–Kier alpha value is -1.85. The Morgan fingerprint density at radius 3 is 2.41 bits per heavy atom. The highest BCUT2D eigenvalue weighted by molar-refractivity contribution is 6.13. The highest BCUT2D eigenvalue weighted by atomic mass is 19.4. The number of rotatable bonds is 4. The van der Waals surface area contributed by atoms with Crippen molar-refractivity contribution in [3.63, 3.8) is 0 Å². The van der Waals surface area contributed by atoms with Crippen molar-refractivity contribution in [3.8, 4) is 0 Å². The average molecular weight is 313 g/mol. The number of carbonyl (C=O) groups is 2. The Morgan fingerprint density at radius 2 is 1.82 bits per heavy atom. The minimum Gasteiger partial charge on any atom is -0.278 e. The molecule has 0 saturated heterocycles. The minimum atomic E-state index is -4.49. The number of nitrogens with zero attached hydrogens (tertiary/aromatic N) is 1. The molecule has 0 aliphatic carbocycles. The van der Waals surface area contributed by atoms with Gasteiger partial charge in [0.1, 0.15) is 0 Å². The topological polar surface area (TPSA) is 37.4 Å². The maximum atomic E-state index is 13.0. The third-order valence-corrected chi connectivity index (χ3v) is 4.00. The quantitative estimate of drug-likeness (QED) is 0.795. The molecule has 0 spiro atoms. The third kappa shape index (κ3) is 2.87. The molecule has 1 aromatic rings. The zero-order valence-corrected chi connectivity index (χ0v) is 12.5. The summed E-state index contributed by atoms with van der Waals surface area (Å²) < 4.78 is 38.9. The van der Waals surface area contributed by atoms with Gasteiger partial charge < -0.3 is 0 Å². The van der Waals surface area contributed by atoms with Crippen molar-refractivity contribution in [3.05, 3.63) is 35.4 Å². The van der Waals surface area contributed by atoms with Crippen LogP contribution >= 0.6 is 0 Å². The van der Waals surface area contributed by atoms with Gasteiger partial charge in [-0.05, 0) is 25.0 Å². The van der Waals surface area contributed by atoms with Crippen molar-refractivity contribution in [1.29, 1.82) is 0 Å². The normalized spacial score (nSPS) is 22.0. The summed E-state index contributed by atoms with van der Waals surface area (Å²) in [6.07, 6.45) is -4.45. The second-order valence-corrected chi connectivity index (χ2v) is 5.79. The Labute approximate surface area is 127 Å². The van der Waals surface area contributed by atoms with Crippen LogP contribution in [0.2, 0.25) is 0 Å². The molecule has 0 radical (unpaired) electrons. The molecular weight excluding hydrogens is 295 g/mol. The zero-order valence-electron chi connectivity index (χ0n) is 12.5. The molecule has 6 heteroatoms. The van der Waals surface area contributed by atoms with E-state index >= 15 is 0 Å².